The molecule has 0 saturated carbocycles. The molecule has 0 aliphatic heterocycles. The number of methoxy groups -OCH3 is 2. The minimum absolute atomic E-state index is 0.127. The summed E-state index contributed by atoms with van der Waals surface area (Å²) < 4.78 is 27.1. The number of hydrogen-bond donors (Lipinski definition) is 1. The van der Waals surface area contributed by atoms with Gasteiger partial charge in [0.1, 0.15) is 11.4 Å². The predicted molar refractivity (Wildman–Crippen MR) is 125 cm³/mol. The molecule has 4 aromatic rings. The van der Waals surface area contributed by atoms with Crippen LogP contribution in [0.5, 0.6) is 11.5 Å². The molecule has 0 aliphatic carbocycles. The highest BCUT2D eigenvalue weighted by Crippen LogP contribution is 2.34. The first-order valence-corrected chi connectivity index (χ1v) is 10.6. The summed E-state index contributed by atoms with van der Waals surface area (Å²) in [6.07, 6.45) is 5.14. The van der Waals surface area contributed by atoms with Crippen molar-refractivity contribution in [1.29, 1.82) is 0 Å². The lowest BCUT2D eigenvalue weighted by atomic mass is 10.1. The third-order valence-electron chi connectivity index (χ3n) is 5.37. The summed E-state index contributed by atoms with van der Waals surface area (Å²) >= 11 is 0. The summed E-state index contributed by atoms with van der Waals surface area (Å²) in [4.78, 5) is 24.1. The number of benzene rings is 2. The molecule has 10 nitrogen and oxygen atoms in total. The van der Waals surface area contributed by atoms with Crippen LogP contribution in [-0.4, -0.2) is 45.9 Å². The first kappa shape index (κ1) is 23.5. The number of carbonyl (C=O) groups excluding carboxylic acids is 1. The molecule has 2 aromatic heterocycles. The van der Waals surface area contributed by atoms with Crippen molar-refractivity contribution in [2.24, 2.45) is 0 Å². The van der Waals surface area contributed by atoms with Gasteiger partial charge in [0.15, 0.2) is 17.3 Å². The van der Waals surface area contributed by atoms with Gasteiger partial charge in [-0.25, -0.2) is 9.07 Å². The number of ether oxygens (including phenoxy) is 2. The summed E-state index contributed by atoms with van der Waals surface area (Å²) in [5.74, 6) is 0.276. The molecule has 0 atom stereocenters. The van der Waals surface area contributed by atoms with Crippen molar-refractivity contribution < 1.29 is 23.6 Å². The number of halogens is 1. The quantitative estimate of drug-likeness (QED) is 0.289. The monoisotopic (exact) mass is 479 g/mol. The third kappa shape index (κ3) is 4.83. The first-order valence-electron chi connectivity index (χ1n) is 10.6. The number of rotatable bonds is 9. The standard InChI is InChI=1S/C24H22FN5O5/c1-34-21-13-16(20(30(32)33)14-22(21)35-2)9-10-26-23(31)19-15-27-29(18-7-5-17(25)6-8-18)24(19)28-11-3-4-12-28/h3-8,11-15H,9-10H2,1-2H3,(H,26,31). The number of nitro groups is 1. The van der Waals surface area contributed by atoms with E-state index in [1.165, 1.54) is 49.4 Å². The van der Waals surface area contributed by atoms with Gasteiger partial charge in [-0.3, -0.25) is 14.9 Å². The van der Waals surface area contributed by atoms with Crippen LogP contribution < -0.4 is 14.8 Å². The Hall–Kier alpha value is -4.67. The molecular weight excluding hydrogens is 457 g/mol. The van der Waals surface area contributed by atoms with Crippen molar-refractivity contribution in [2.45, 2.75) is 6.42 Å². The molecular formula is C24H22FN5O5. The van der Waals surface area contributed by atoms with Crippen LogP contribution in [0.2, 0.25) is 0 Å². The van der Waals surface area contributed by atoms with E-state index in [0.29, 0.717) is 22.8 Å². The average molecular weight is 479 g/mol. The summed E-state index contributed by atoms with van der Waals surface area (Å²) in [5, 5.41) is 18.7. The van der Waals surface area contributed by atoms with Crippen LogP contribution in [0.25, 0.3) is 11.5 Å². The molecule has 0 saturated heterocycles. The number of aromatic nitrogens is 3. The van der Waals surface area contributed by atoms with Gasteiger partial charge in [0.2, 0.25) is 0 Å². The average Bonchev–Trinajstić information content (AvgIpc) is 3.54. The van der Waals surface area contributed by atoms with Crippen LogP contribution in [0.1, 0.15) is 15.9 Å². The van der Waals surface area contributed by atoms with Crippen molar-refractivity contribution in [3.8, 4) is 23.0 Å². The lowest BCUT2D eigenvalue weighted by Gasteiger charge is -2.12. The molecule has 0 fully saturated rings. The Bertz CT molecular complexity index is 1350. The fourth-order valence-corrected chi connectivity index (χ4v) is 3.68. The summed E-state index contributed by atoms with van der Waals surface area (Å²) in [6.45, 7) is 0.127. The zero-order chi connectivity index (χ0) is 24.9. The molecule has 0 spiro atoms. The molecule has 4 rings (SSSR count). The van der Waals surface area contributed by atoms with Gasteiger partial charge in [-0.05, 0) is 48.9 Å². The van der Waals surface area contributed by atoms with Crippen LogP contribution >= 0.6 is 0 Å². The smallest absolute Gasteiger partial charge is 0.276 e. The lowest BCUT2D eigenvalue weighted by Crippen LogP contribution is -2.26. The van der Waals surface area contributed by atoms with E-state index in [1.54, 1.807) is 41.2 Å². The van der Waals surface area contributed by atoms with Crippen molar-refractivity contribution in [3.63, 3.8) is 0 Å². The topological polar surface area (TPSA) is 113 Å². The minimum atomic E-state index is -0.504. The van der Waals surface area contributed by atoms with E-state index in [4.69, 9.17) is 9.47 Å². The second-order valence-electron chi connectivity index (χ2n) is 7.46. The van der Waals surface area contributed by atoms with Crippen LogP contribution in [0.15, 0.2) is 67.1 Å². The number of nitro benzene ring substituents is 1. The Morgan fingerprint density at radius 3 is 2.40 bits per heavy atom. The number of nitrogens with zero attached hydrogens (tertiary/aromatic N) is 4. The van der Waals surface area contributed by atoms with E-state index < -0.39 is 10.8 Å². The third-order valence-corrected chi connectivity index (χ3v) is 5.37. The first-order chi connectivity index (χ1) is 16.9. The van der Waals surface area contributed by atoms with Gasteiger partial charge in [-0.15, -0.1) is 0 Å². The minimum Gasteiger partial charge on any atom is -0.493 e. The highest BCUT2D eigenvalue weighted by atomic mass is 19.1. The predicted octanol–water partition coefficient (Wildman–Crippen LogP) is 3.70. The maximum Gasteiger partial charge on any atom is 0.276 e. The van der Waals surface area contributed by atoms with Crippen LogP contribution in [0.4, 0.5) is 10.1 Å². The zero-order valence-corrected chi connectivity index (χ0v) is 19.0. The second-order valence-corrected chi connectivity index (χ2v) is 7.46. The molecule has 1 N–H and O–H groups in total. The number of amides is 1. The Morgan fingerprint density at radius 1 is 1.11 bits per heavy atom. The molecule has 180 valence electrons. The Kier molecular flexibility index (Phi) is 6.76. The van der Waals surface area contributed by atoms with E-state index in [2.05, 4.69) is 10.4 Å². The van der Waals surface area contributed by atoms with E-state index in [9.17, 15) is 19.3 Å². The second kappa shape index (κ2) is 10.1. The molecule has 0 aliphatic rings. The fraction of sp³-hybridized carbons (Fsp3) is 0.167. The Morgan fingerprint density at radius 2 is 1.77 bits per heavy atom. The molecule has 0 radical (unpaired) electrons. The highest BCUT2D eigenvalue weighted by molar-refractivity contribution is 5.97. The summed E-state index contributed by atoms with van der Waals surface area (Å²) in [6, 6.07) is 12.2. The fourth-order valence-electron chi connectivity index (χ4n) is 3.68. The van der Waals surface area contributed by atoms with Crippen molar-refractivity contribution in [3.05, 3.63) is 94.2 Å². The van der Waals surface area contributed by atoms with Gasteiger partial charge in [0, 0.05) is 24.5 Å². The molecule has 11 heteroatoms. The van der Waals surface area contributed by atoms with Gasteiger partial charge >= 0.3 is 0 Å². The molecule has 0 bridgehead atoms. The Balaban J connectivity index is 1.58. The lowest BCUT2D eigenvalue weighted by molar-refractivity contribution is -0.385. The van der Waals surface area contributed by atoms with E-state index in [1.807, 2.05) is 0 Å². The molecule has 2 aromatic carbocycles. The Labute approximate surface area is 199 Å². The number of nitrogens with one attached hydrogen (secondary N) is 1. The SMILES string of the molecule is COc1cc(CCNC(=O)c2cnn(-c3ccc(F)cc3)c2-n2cccc2)c([N+](=O)[O-])cc1OC. The van der Waals surface area contributed by atoms with E-state index in [-0.39, 0.29) is 35.8 Å². The van der Waals surface area contributed by atoms with Crippen LogP contribution in [-0.2, 0) is 6.42 Å². The van der Waals surface area contributed by atoms with Crippen LogP contribution in [0, 0.1) is 15.9 Å². The maximum absolute atomic E-state index is 13.4. The van der Waals surface area contributed by atoms with E-state index in [0.717, 1.165) is 0 Å². The van der Waals surface area contributed by atoms with Gasteiger partial charge in [-0.2, -0.15) is 5.10 Å². The normalized spacial score (nSPS) is 10.7. The summed E-state index contributed by atoms with van der Waals surface area (Å²) in [5.41, 5.74) is 1.12. The number of carbonyl (C=O) groups is 1. The molecule has 0 unspecified atom stereocenters. The van der Waals surface area contributed by atoms with Gasteiger partial charge < -0.3 is 19.4 Å². The van der Waals surface area contributed by atoms with Gasteiger partial charge in [0.05, 0.1) is 37.1 Å². The van der Waals surface area contributed by atoms with Gasteiger partial charge in [0.25, 0.3) is 11.6 Å². The highest BCUT2D eigenvalue weighted by Gasteiger charge is 2.22. The van der Waals surface area contributed by atoms with Gasteiger partial charge in [-0.1, -0.05) is 0 Å². The molecule has 1 amide bonds. The van der Waals surface area contributed by atoms with Crippen molar-refractivity contribution in [1.82, 2.24) is 19.7 Å². The molecule has 2 heterocycles. The van der Waals surface area contributed by atoms with Crippen LogP contribution in [0.3, 0.4) is 0 Å². The largest absolute Gasteiger partial charge is 0.493 e. The maximum atomic E-state index is 13.4. The van der Waals surface area contributed by atoms with Crippen molar-refractivity contribution in [2.75, 3.05) is 20.8 Å². The van der Waals surface area contributed by atoms with Crippen molar-refractivity contribution >= 4 is 11.6 Å². The number of hydrogen-bond acceptors (Lipinski definition) is 6. The summed E-state index contributed by atoms with van der Waals surface area (Å²) in [7, 11) is 2.84. The zero-order valence-electron chi connectivity index (χ0n) is 19.0. The molecule has 35 heavy (non-hydrogen) atoms. The van der Waals surface area contributed by atoms with E-state index >= 15 is 0 Å².